The fraction of sp³-hybridized carbons (Fsp3) is 0.325. The molecule has 49 heavy (non-hydrogen) atoms. The highest BCUT2D eigenvalue weighted by atomic mass is 19.1. The van der Waals surface area contributed by atoms with Crippen molar-refractivity contribution >= 4 is 23.7 Å². The topological polar surface area (TPSA) is 88.2 Å². The van der Waals surface area contributed by atoms with Gasteiger partial charge in [-0.2, -0.15) is 0 Å². The molecule has 0 saturated carbocycles. The maximum atomic E-state index is 14.7. The number of benzene rings is 4. The number of piperazine rings is 1. The number of anilines is 1. The van der Waals surface area contributed by atoms with E-state index in [0.717, 1.165) is 22.3 Å². The molecule has 8 nitrogen and oxygen atoms in total. The minimum atomic E-state index is -2.34. The molecule has 1 atom stereocenters. The van der Waals surface area contributed by atoms with E-state index in [1.54, 1.807) is 62.1 Å². The van der Waals surface area contributed by atoms with Gasteiger partial charge in [0.2, 0.25) is 0 Å². The van der Waals surface area contributed by atoms with Gasteiger partial charge >= 0.3 is 12.2 Å². The van der Waals surface area contributed by atoms with Crippen LogP contribution in [0, 0.1) is 5.82 Å². The second-order valence-corrected chi connectivity index (χ2v) is 13.3. The predicted octanol–water partition coefficient (Wildman–Crippen LogP) is 7.14. The van der Waals surface area contributed by atoms with Crippen molar-refractivity contribution < 1.29 is 31.0 Å². The number of carbonyl (C=O) groups excluding carboxylic acids is 3. The van der Waals surface area contributed by atoms with Crippen molar-refractivity contribution in [2.24, 2.45) is 0 Å². The lowest BCUT2D eigenvalue weighted by molar-refractivity contribution is -0.120. The van der Waals surface area contributed by atoms with Crippen LogP contribution in [-0.4, -0.2) is 67.3 Å². The summed E-state index contributed by atoms with van der Waals surface area (Å²) < 4.78 is 44.1. The number of Topliss-reactive ketones (excluding diaryl/α,β-unsaturated/α-hetero) is 1. The van der Waals surface area contributed by atoms with E-state index in [-0.39, 0.29) is 24.5 Å². The minimum absolute atomic E-state index is 0.0155. The Balaban J connectivity index is 1.20. The molecule has 4 aromatic carbocycles. The molecule has 0 aromatic heterocycles. The molecule has 1 aliphatic carbocycles. The van der Waals surface area contributed by atoms with Gasteiger partial charge in [0.25, 0.3) is 0 Å². The molecule has 0 radical (unpaired) electrons. The Kier molecular flexibility index (Phi) is 9.22. The molecule has 1 saturated heterocycles. The smallest absolute Gasteiger partial charge is 0.410 e. The SMILES string of the molecule is [2H]C([2H])(c1ccccc1)C(NC(=O)OCC1c2ccccc2-c2ccccc21)C(=O)Cc1cc(F)ccc1N1CCN(C(=O)OC(C)(C)C)CC1. The maximum absolute atomic E-state index is 14.7. The highest BCUT2D eigenvalue weighted by molar-refractivity contribution is 5.90. The van der Waals surface area contributed by atoms with Gasteiger partial charge in [0.05, 0.1) is 6.04 Å². The van der Waals surface area contributed by atoms with Crippen molar-refractivity contribution in [3.63, 3.8) is 0 Å². The summed E-state index contributed by atoms with van der Waals surface area (Å²) >= 11 is 0. The van der Waals surface area contributed by atoms with E-state index < -0.39 is 41.8 Å². The Morgan fingerprint density at radius 1 is 0.878 bits per heavy atom. The zero-order valence-corrected chi connectivity index (χ0v) is 27.9. The van der Waals surface area contributed by atoms with Crippen LogP contribution in [-0.2, 0) is 27.1 Å². The van der Waals surface area contributed by atoms with Crippen LogP contribution in [0.4, 0.5) is 19.7 Å². The normalized spacial score (nSPS) is 15.8. The zero-order chi connectivity index (χ0) is 36.3. The van der Waals surface area contributed by atoms with E-state index in [4.69, 9.17) is 12.2 Å². The highest BCUT2D eigenvalue weighted by Crippen LogP contribution is 2.44. The monoisotopic (exact) mass is 665 g/mol. The van der Waals surface area contributed by atoms with E-state index in [1.807, 2.05) is 53.4 Å². The molecule has 4 aromatic rings. The molecular weight excluding hydrogens is 621 g/mol. The summed E-state index contributed by atoms with van der Waals surface area (Å²) in [6.07, 6.45) is -4.05. The van der Waals surface area contributed by atoms with Crippen LogP contribution in [0.5, 0.6) is 0 Å². The number of carbonyl (C=O) groups is 3. The standard InChI is InChI=1S/C40H42FN3O5/c1-40(2,3)49-39(47)44-21-19-43(20-22-44)36-18-17-29(41)24-28(36)25-37(45)35(23-27-11-5-4-6-12-27)42-38(46)48-26-34-32-15-9-7-13-30(32)31-14-8-10-16-33(31)34/h4-18,24,34-35H,19-23,25-26H2,1-3H3,(H,42,46)/i23D2. The third-order valence-electron chi connectivity index (χ3n) is 8.69. The van der Waals surface area contributed by atoms with E-state index in [9.17, 15) is 18.8 Å². The first kappa shape index (κ1) is 31.1. The largest absolute Gasteiger partial charge is 0.449 e. The van der Waals surface area contributed by atoms with E-state index in [2.05, 4.69) is 5.32 Å². The van der Waals surface area contributed by atoms with Gasteiger partial charge in [0.1, 0.15) is 18.0 Å². The quantitative estimate of drug-likeness (QED) is 0.205. The number of hydrogen-bond donors (Lipinski definition) is 1. The first-order chi connectivity index (χ1) is 24.3. The van der Waals surface area contributed by atoms with Gasteiger partial charge in [-0.1, -0.05) is 78.9 Å². The number of ketones is 1. The molecule has 1 fully saturated rings. The van der Waals surface area contributed by atoms with E-state index >= 15 is 0 Å². The number of ether oxygens (including phenoxy) is 2. The summed E-state index contributed by atoms with van der Waals surface area (Å²) in [6.45, 7) is 6.95. The van der Waals surface area contributed by atoms with Crippen LogP contribution in [0.15, 0.2) is 97.1 Å². The summed E-state index contributed by atoms with van der Waals surface area (Å²) in [5, 5.41) is 2.55. The lowest BCUT2D eigenvalue weighted by Gasteiger charge is -2.37. The third-order valence-corrected chi connectivity index (χ3v) is 8.69. The van der Waals surface area contributed by atoms with Gasteiger partial charge in [-0.05, 0) is 78.7 Å². The summed E-state index contributed by atoms with van der Waals surface area (Å²) in [5.74, 6) is -1.44. The van der Waals surface area contributed by atoms with Gasteiger partial charge in [0.15, 0.2) is 5.78 Å². The maximum Gasteiger partial charge on any atom is 0.410 e. The average molecular weight is 666 g/mol. The third kappa shape index (κ3) is 8.11. The second-order valence-electron chi connectivity index (χ2n) is 13.3. The number of rotatable bonds is 9. The van der Waals surface area contributed by atoms with Gasteiger partial charge < -0.3 is 24.6 Å². The van der Waals surface area contributed by atoms with Crippen LogP contribution in [0.2, 0.25) is 0 Å². The van der Waals surface area contributed by atoms with Crippen molar-refractivity contribution in [2.45, 2.75) is 51.1 Å². The molecular formula is C40H42FN3O5. The van der Waals surface area contributed by atoms with E-state index in [1.165, 1.54) is 12.1 Å². The summed E-state index contributed by atoms with van der Waals surface area (Å²) in [4.78, 5) is 43.8. The Morgan fingerprint density at radius 2 is 1.49 bits per heavy atom. The van der Waals surface area contributed by atoms with Crippen molar-refractivity contribution in [3.05, 3.63) is 125 Å². The predicted molar refractivity (Wildman–Crippen MR) is 187 cm³/mol. The zero-order valence-electron chi connectivity index (χ0n) is 29.9. The highest BCUT2D eigenvalue weighted by Gasteiger charge is 2.31. The Hall–Kier alpha value is -5.18. The first-order valence-electron chi connectivity index (χ1n) is 17.5. The number of amides is 2. The van der Waals surface area contributed by atoms with Crippen molar-refractivity contribution in [1.82, 2.24) is 10.2 Å². The minimum Gasteiger partial charge on any atom is -0.449 e. The second kappa shape index (κ2) is 14.5. The molecule has 6 rings (SSSR count). The van der Waals surface area contributed by atoms with Crippen molar-refractivity contribution in [2.75, 3.05) is 37.7 Å². The number of nitrogens with zero attached hydrogens (tertiary/aromatic N) is 2. The Labute approximate surface area is 289 Å². The van der Waals surface area contributed by atoms with Gasteiger partial charge in [0, 0.05) is 46.9 Å². The fourth-order valence-electron chi connectivity index (χ4n) is 6.41. The number of fused-ring (bicyclic) bond motifs is 3. The molecule has 1 heterocycles. The summed E-state index contributed by atoms with van der Waals surface area (Å²) in [5.41, 5.74) is 4.66. The molecule has 1 unspecified atom stereocenters. The average Bonchev–Trinajstić information content (AvgIpc) is 3.43. The molecule has 0 bridgehead atoms. The molecule has 9 heteroatoms. The van der Waals surface area contributed by atoms with E-state index in [0.29, 0.717) is 37.4 Å². The number of hydrogen-bond acceptors (Lipinski definition) is 6. The summed E-state index contributed by atoms with van der Waals surface area (Å²) in [7, 11) is 0. The molecule has 2 aliphatic rings. The van der Waals surface area contributed by atoms with Crippen LogP contribution in [0.1, 0.15) is 51.7 Å². The molecule has 254 valence electrons. The molecule has 2 amide bonds. The lowest BCUT2D eigenvalue weighted by Crippen LogP contribution is -2.50. The Morgan fingerprint density at radius 3 is 2.12 bits per heavy atom. The molecule has 1 N–H and O–H groups in total. The van der Waals surface area contributed by atoms with Gasteiger partial charge in [-0.3, -0.25) is 4.79 Å². The van der Waals surface area contributed by atoms with Gasteiger partial charge in [-0.25, -0.2) is 14.0 Å². The number of nitrogens with one attached hydrogen (secondary N) is 1. The van der Waals surface area contributed by atoms with Gasteiger partial charge in [-0.15, -0.1) is 0 Å². The van der Waals surface area contributed by atoms with Crippen molar-refractivity contribution in [1.29, 1.82) is 0 Å². The molecule has 0 spiro atoms. The van der Waals surface area contributed by atoms with Crippen LogP contribution >= 0.6 is 0 Å². The number of alkyl carbamates (subject to hydrolysis) is 1. The van der Waals surface area contributed by atoms with Crippen LogP contribution in [0.25, 0.3) is 11.1 Å². The first-order valence-corrected chi connectivity index (χ1v) is 16.5. The molecule has 1 aliphatic heterocycles. The van der Waals surface area contributed by atoms with Crippen molar-refractivity contribution in [3.8, 4) is 11.1 Å². The lowest BCUT2D eigenvalue weighted by atomic mass is 9.96. The fourth-order valence-corrected chi connectivity index (χ4v) is 6.41. The number of halogens is 1. The van der Waals surface area contributed by atoms with Crippen LogP contribution < -0.4 is 10.2 Å². The Bertz CT molecular complexity index is 1860. The van der Waals surface area contributed by atoms with Crippen LogP contribution in [0.3, 0.4) is 0 Å². The summed E-state index contributed by atoms with van der Waals surface area (Å²) in [6, 6.07) is 26.5.